The van der Waals surface area contributed by atoms with Crippen LogP contribution in [0, 0.1) is 0 Å². The number of nitrogens with zero attached hydrogens (tertiary/aromatic N) is 4. The zero-order chi connectivity index (χ0) is 10.7. The minimum Gasteiger partial charge on any atom is -0.465 e. The quantitative estimate of drug-likeness (QED) is 0.668. The van der Waals surface area contributed by atoms with Crippen molar-refractivity contribution in [1.82, 2.24) is 20.2 Å². The minimum absolute atomic E-state index is 0.0340. The lowest BCUT2D eigenvalue weighted by atomic mass is 10.4. The van der Waals surface area contributed by atoms with E-state index >= 15 is 0 Å². The van der Waals surface area contributed by atoms with Gasteiger partial charge in [-0.15, -0.1) is 5.10 Å². The molecule has 0 aromatic carbocycles. The van der Waals surface area contributed by atoms with Crippen LogP contribution in [0.1, 0.15) is 6.42 Å². The highest BCUT2D eigenvalue weighted by Gasteiger charge is 2.29. The number of tetrazole rings is 1. The highest BCUT2D eigenvalue weighted by molar-refractivity contribution is 8.00. The van der Waals surface area contributed by atoms with Crippen LogP contribution in [0.2, 0.25) is 0 Å². The van der Waals surface area contributed by atoms with Crippen molar-refractivity contribution in [1.29, 1.82) is 0 Å². The van der Waals surface area contributed by atoms with Gasteiger partial charge in [-0.25, -0.2) is 4.68 Å². The van der Waals surface area contributed by atoms with Gasteiger partial charge >= 0.3 is 5.97 Å². The number of carbonyl (C=O) groups excluding carboxylic acids is 1. The molecule has 1 aromatic heterocycles. The lowest BCUT2D eigenvalue weighted by molar-refractivity contribution is -0.137. The predicted molar refractivity (Wildman–Crippen MR) is 50.1 cm³/mol. The summed E-state index contributed by atoms with van der Waals surface area (Å²) in [6.45, 7) is 0.753. The first-order valence-electron chi connectivity index (χ1n) is 4.51. The van der Waals surface area contributed by atoms with E-state index in [1.54, 1.807) is 0 Å². The van der Waals surface area contributed by atoms with Gasteiger partial charge in [0.15, 0.2) is 0 Å². The number of thioether (sulfide) groups is 1. The fourth-order valence-corrected chi connectivity index (χ4v) is 2.19. The van der Waals surface area contributed by atoms with Gasteiger partial charge in [-0.2, -0.15) is 0 Å². The molecule has 8 heteroatoms. The molecule has 7 nitrogen and oxygen atoms in total. The molecule has 1 unspecified atom stereocenters. The summed E-state index contributed by atoms with van der Waals surface area (Å²) in [5.41, 5.74) is 0. The minimum atomic E-state index is -0.228. The van der Waals surface area contributed by atoms with Crippen LogP contribution < -0.4 is 0 Å². The van der Waals surface area contributed by atoms with Crippen LogP contribution in [-0.2, 0) is 16.1 Å². The average molecular weight is 230 g/mol. The highest BCUT2D eigenvalue weighted by atomic mass is 32.2. The van der Waals surface area contributed by atoms with Gasteiger partial charge in [0.2, 0.25) is 5.16 Å². The zero-order valence-corrected chi connectivity index (χ0v) is 8.68. The summed E-state index contributed by atoms with van der Waals surface area (Å²) in [4.78, 5) is 11.2. The number of rotatable bonds is 4. The molecule has 0 saturated carbocycles. The van der Waals surface area contributed by atoms with Gasteiger partial charge in [0.1, 0.15) is 5.25 Å². The zero-order valence-electron chi connectivity index (χ0n) is 7.87. The molecule has 2 rings (SSSR count). The Balaban J connectivity index is 2.03. The van der Waals surface area contributed by atoms with Crippen molar-refractivity contribution in [3.05, 3.63) is 0 Å². The molecule has 1 saturated heterocycles. The first kappa shape index (κ1) is 10.4. The van der Waals surface area contributed by atoms with E-state index < -0.39 is 0 Å². The average Bonchev–Trinajstić information content (AvgIpc) is 2.80. The van der Waals surface area contributed by atoms with Crippen LogP contribution in [-0.4, -0.2) is 49.7 Å². The van der Waals surface area contributed by atoms with Crippen LogP contribution in [0.5, 0.6) is 0 Å². The Labute approximate surface area is 89.8 Å². The van der Waals surface area contributed by atoms with E-state index in [9.17, 15) is 4.79 Å². The Kier molecular flexibility index (Phi) is 3.17. The van der Waals surface area contributed by atoms with Gasteiger partial charge in [0.25, 0.3) is 0 Å². The summed E-state index contributed by atoms with van der Waals surface area (Å²) in [6.07, 6.45) is 0.676. The molecule has 82 valence electrons. The van der Waals surface area contributed by atoms with Crippen molar-refractivity contribution in [2.75, 3.05) is 13.2 Å². The highest BCUT2D eigenvalue weighted by Crippen LogP contribution is 2.27. The van der Waals surface area contributed by atoms with E-state index in [-0.39, 0.29) is 17.8 Å². The van der Waals surface area contributed by atoms with Gasteiger partial charge in [-0.3, -0.25) is 4.79 Å². The van der Waals surface area contributed by atoms with Gasteiger partial charge < -0.3 is 9.84 Å². The summed E-state index contributed by atoms with van der Waals surface area (Å²) < 4.78 is 6.30. The molecule has 1 atom stereocenters. The second-order valence-electron chi connectivity index (χ2n) is 2.97. The lowest BCUT2D eigenvalue weighted by Crippen LogP contribution is -2.12. The summed E-state index contributed by atoms with van der Waals surface area (Å²) in [5, 5.41) is 20.0. The summed E-state index contributed by atoms with van der Waals surface area (Å²) >= 11 is 1.27. The molecule has 1 aliphatic heterocycles. The van der Waals surface area contributed by atoms with E-state index in [0.29, 0.717) is 24.7 Å². The van der Waals surface area contributed by atoms with Crippen molar-refractivity contribution < 1.29 is 14.6 Å². The molecule has 2 heterocycles. The number of esters is 1. The number of aliphatic hydroxyl groups is 1. The summed E-state index contributed by atoms with van der Waals surface area (Å²) in [7, 11) is 0. The fourth-order valence-electron chi connectivity index (χ4n) is 1.23. The van der Waals surface area contributed by atoms with Gasteiger partial charge in [0, 0.05) is 6.42 Å². The van der Waals surface area contributed by atoms with E-state index in [4.69, 9.17) is 9.84 Å². The van der Waals surface area contributed by atoms with E-state index in [0.717, 1.165) is 0 Å². The van der Waals surface area contributed by atoms with Gasteiger partial charge in [-0.05, 0) is 10.4 Å². The van der Waals surface area contributed by atoms with Crippen molar-refractivity contribution >= 4 is 17.7 Å². The maximum absolute atomic E-state index is 11.2. The normalized spacial score (nSPS) is 20.6. The maximum Gasteiger partial charge on any atom is 0.319 e. The Bertz CT molecular complexity index is 356. The molecule has 0 radical (unpaired) electrons. The third-order valence-corrected chi connectivity index (χ3v) is 3.16. The van der Waals surface area contributed by atoms with Crippen LogP contribution in [0.3, 0.4) is 0 Å². The standard InChI is InChI=1S/C7H10N4O3S/c12-3-2-11-7(8-9-10-11)15-5-1-4-14-6(5)13/h5,12H,1-4H2. The van der Waals surface area contributed by atoms with Gasteiger partial charge in [-0.1, -0.05) is 11.8 Å². The monoisotopic (exact) mass is 230 g/mol. The number of aliphatic hydroxyl groups excluding tert-OH is 1. The van der Waals surface area contributed by atoms with Crippen molar-refractivity contribution in [3.63, 3.8) is 0 Å². The number of hydrogen-bond donors (Lipinski definition) is 1. The Morgan fingerprint density at radius 1 is 1.67 bits per heavy atom. The summed E-state index contributed by atoms with van der Waals surface area (Å²) in [6, 6.07) is 0. The largest absolute Gasteiger partial charge is 0.465 e. The molecule has 0 spiro atoms. The second-order valence-corrected chi connectivity index (χ2v) is 4.14. The van der Waals surface area contributed by atoms with Crippen molar-refractivity contribution in [3.8, 4) is 0 Å². The second kappa shape index (κ2) is 4.58. The van der Waals surface area contributed by atoms with E-state index in [1.807, 2.05) is 0 Å². The molecule has 1 N–H and O–H groups in total. The number of ether oxygens (including phenoxy) is 1. The molecular weight excluding hydrogens is 220 g/mol. The number of carbonyl (C=O) groups is 1. The van der Waals surface area contributed by atoms with Crippen LogP contribution in [0.15, 0.2) is 5.16 Å². The van der Waals surface area contributed by atoms with Gasteiger partial charge in [0.05, 0.1) is 19.8 Å². The Morgan fingerprint density at radius 2 is 2.53 bits per heavy atom. The predicted octanol–water partition coefficient (Wildman–Crippen LogP) is -0.927. The first-order valence-corrected chi connectivity index (χ1v) is 5.39. The third kappa shape index (κ3) is 2.26. The van der Waals surface area contributed by atoms with Crippen LogP contribution in [0.4, 0.5) is 0 Å². The molecule has 15 heavy (non-hydrogen) atoms. The third-order valence-electron chi connectivity index (χ3n) is 1.95. The Morgan fingerprint density at radius 3 is 3.20 bits per heavy atom. The topological polar surface area (TPSA) is 90.1 Å². The van der Waals surface area contributed by atoms with Crippen molar-refractivity contribution in [2.45, 2.75) is 23.4 Å². The first-order chi connectivity index (χ1) is 7.31. The van der Waals surface area contributed by atoms with Crippen molar-refractivity contribution in [2.24, 2.45) is 0 Å². The number of aromatic nitrogens is 4. The fraction of sp³-hybridized carbons (Fsp3) is 0.714. The number of cyclic esters (lactones) is 1. The maximum atomic E-state index is 11.2. The molecule has 1 aromatic rings. The smallest absolute Gasteiger partial charge is 0.319 e. The summed E-state index contributed by atoms with van der Waals surface area (Å²) in [5.74, 6) is -0.224. The number of hydrogen-bond acceptors (Lipinski definition) is 7. The van der Waals surface area contributed by atoms with Crippen LogP contribution in [0.25, 0.3) is 0 Å². The molecule has 0 aliphatic carbocycles. The molecule has 1 aliphatic rings. The molecule has 0 amide bonds. The Hall–Kier alpha value is -1.15. The SMILES string of the molecule is O=C1OCCC1Sc1nnnn1CCO. The van der Waals surface area contributed by atoms with Crippen LogP contribution >= 0.6 is 11.8 Å². The van der Waals surface area contributed by atoms with E-state index in [1.165, 1.54) is 16.4 Å². The molecule has 1 fully saturated rings. The molecular formula is C7H10N4O3S. The van der Waals surface area contributed by atoms with E-state index in [2.05, 4.69) is 15.5 Å². The molecule has 0 bridgehead atoms. The lowest BCUT2D eigenvalue weighted by Gasteiger charge is -2.04.